The minimum Gasteiger partial charge on any atom is -0.345 e. The highest BCUT2D eigenvalue weighted by atomic mass is 16.2. The first kappa shape index (κ1) is 12.4. The van der Waals surface area contributed by atoms with E-state index in [0.717, 1.165) is 5.56 Å². The van der Waals surface area contributed by atoms with Gasteiger partial charge in [0.15, 0.2) is 0 Å². The molecule has 3 heteroatoms. The fourth-order valence-electron chi connectivity index (χ4n) is 1.34. The number of hydrogen-bond donors (Lipinski definition) is 1. The molecule has 85 valence electrons. The Morgan fingerprint density at radius 3 is 2.44 bits per heavy atom. The highest BCUT2D eigenvalue weighted by Crippen LogP contribution is 2.02. The van der Waals surface area contributed by atoms with Crippen LogP contribution in [0.4, 0.5) is 0 Å². The summed E-state index contributed by atoms with van der Waals surface area (Å²) in [5.41, 5.74) is 0.938. The molecule has 0 saturated carbocycles. The summed E-state index contributed by atoms with van der Waals surface area (Å²) in [5, 5.41) is 2.65. The molecular weight excluding hydrogens is 202 g/mol. The molecule has 0 unspecified atom stereocenters. The molecule has 1 atom stereocenters. The van der Waals surface area contributed by atoms with Gasteiger partial charge in [-0.1, -0.05) is 44.2 Å². The first-order valence-electron chi connectivity index (χ1n) is 5.34. The van der Waals surface area contributed by atoms with Gasteiger partial charge in [-0.3, -0.25) is 9.59 Å². The summed E-state index contributed by atoms with van der Waals surface area (Å²) in [4.78, 5) is 22.2. The normalized spacial score (nSPS) is 12.2. The second-order valence-corrected chi connectivity index (χ2v) is 4.07. The van der Waals surface area contributed by atoms with Crippen LogP contribution in [-0.2, 0) is 16.0 Å². The molecule has 0 aliphatic rings. The lowest BCUT2D eigenvalue weighted by Crippen LogP contribution is -2.40. The van der Waals surface area contributed by atoms with Gasteiger partial charge in [0.25, 0.3) is 0 Å². The van der Waals surface area contributed by atoms with Crippen molar-refractivity contribution in [3.63, 3.8) is 0 Å². The zero-order valence-corrected chi connectivity index (χ0v) is 9.57. The van der Waals surface area contributed by atoms with Gasteiger partial charge >= 0.3 is 0 Å². The van der Waals surface area contributed by atoms with Gasteiger partial charge in [-0.05, 0) is 11.5 Å². The van der Waals surface area contributed by atoms with E-state index in [0.29, 0.717) is 6.42 Å². The van der Waals surface area contributed by atoms with E-state index >= 15 is 0 Å². The molecular formula is C13H16NO2. The number of amides is 1. The van der Waals surface area contributed by atoms with Crippen LogP contribution in [0.3, 0.4) is 0 Å². The smallest absolute Gasteiger partial charge is 0.225 e. The van der Waals surface area contributed by atoms with Crippen molar-refractivity contribution < 1.29 is 9.59 Å². The first-order valence-corrected chi connectivity index (χ1v) is 5.34. The molecule has 0 saturated heterocycles. The standard InChI is InChI=1S/C13H16NO2/c1-10(2)12(9-15)14-13(16)8-11-6-4-3-5-7-11/h3-7,10,12H,8H2,1-2H3,(H,14,16)/t12-/m1/s1. The molecule has 1 N–H and O–H groups in total. The molecule has 16 heavy (non-hydrogen) atoms. The lowest BCUT2D eigenvalue weighted by Gasteiger charge is -2.15. The van der Waals surface area contributed by atoms with Gasteiger partial charge in [-0.2, -0.15) is 0 Å². The molecule has 0 bridgehead atoms. The molecule has 1 rings (SSSR count). The van der Waals surface area contributed by atoms with E-state index in [-0.39, 0.29) is 11.8 Å². The van der Waals surface area contributed by atoms with Crippen LogP contribution in [0.1, 0.15) is 19.4 Å². The van der Waals surface area contributed by atoms with E-state index in [9.17, 15) is 9.59 Å². The van der Waals surface area contributed by atoms with Crippen LogP contribution in [0.15, 0.2) is 30.3 Å². The fourth-order valence-corrected chi connectivity index (χ4v) is 1.34. The SMILES string of the molecule is CC(C)[C@@H]([C]=O)NC(=O)Cc1ccccc1. The molecule has 1 amide bonds. The van der Waals surface area contributed by atoms with E-state index in [2.05, 4.69) is 5.32 Å². The van der Waals surface area contributed by atoms with Crippen molar-refractivity contribution in [3.8, 4) is 0 Å². The monoisotopic (exact) mass is 218 g/mol. The number of nitrogens with one attached hydrogen (secondary N) is 1. The van der Waals surface area contributed by atoms with Crippen molar-refractivity contribution in [3.05, 3.63) is 35.9 Å². The molecule has 0 heterocycles. The van der Waals surface area contributed by atoms with Gasteiger partial charge in [0.1, 0.15) is 0 Å². The summed E-state index contributed by atoms with van der Waals surface area (Å²) < 4.78 is 0. The second kappa shape index (κ2) is 6.05. The molecule has 3 nitrogen and oxygen atoms in total. The van der Waals surface area contributed by atoms with E-state index in [1.807, 2.05) is 50.5 Å². The maximum absolute atomic E-state index is 11.6. The third-order valence-corrected chi connectivity index (χ3v) is 2.32. The van der Waals surface area contributed by atoms with Crippen molar-refractivity contribution in [1.82, 2.24) is 5.32 Å². The Hall–Kier alpha value is -1.64. The summed E-state index contributed by atoms with van der Waals surface area (Å²) in [5.74, 6) is -0.0783. The first-order chi connectivity index (χ1) is 7.63. The molecule has 0 aromatic heterocycles. The molecule has 1 aromatic rings. The van der Waals surface area contributed by atoms with Crippen LogP contribution >= 0.6 is 0 Å². The summed E-state index contributed by atoms with van der Waals surface area (Å²) in [6.45, 7) is 3.75. The summed E-state index contributed by atoms with van der Waals surface area (Å²) >= 11 is 0. The molecule has 0 aliphatic carbocycles. The van der Waals surface area contributed by atoms with Gasteiger partial charge in [-0.25, -0.2) is 0 Å². The number of rotatable bonds is 5. The van der Waals surface area contributed by atoms with Crippen LogP contribution in [-0.4, -0.2) is 18.2 Å². The van der Waals surface area contributed by atoms with Crippen molar-refractivity contribution in [2.75, 3.05) is 0 Å². The van der Waals surface area contributed by atoms with Crippen LogP contribution < -0.4 is 5.32 Å². The molecule has 1 aromatic carbocycles. The minimum atomic E-state index is -0.517. The Bertz CT molecular complexity index is 346. The van der Waals surface area contributed by atoms with Crippen LogP contribution in [0.25, 0.3) is 0 Å². The average molecular weight is 218 g/mol. The Morgan fingerprint density at radius 1 is 1.31 bits per heavy atom. The third-order valence-electron chi connectivity index (χ3n) is 2.32. The predicted octanol–water partition coefficient (Wildman–Crippen LogP) is 1.48. The van der Waals surface area contributed by atoms with Crippen molar-refractivity contribution in [1.29, 1.82) is 0 Å². The quantitative estimate of drug-likeness (QED) is 0.813. The number of carbonyl (C=O) groups excluding carboxylic acids is 2. The lowest BCUT2D eigenvalue weighted by molar-refractivity contribution is -0.121. The van der Waals surface area contributed by atoms with Crippen molar-refractivity contribution in [2.24, 2.45) is 5.92 Å². The van der Waals surface area contributed by atoms with E-state index in [4.69, 9.17) is 0 Å². The van der Waals surface area contributed by atoms with Gasteiger partial charge < -0.3 is 5.32 Å². The maximum atomic E-state index is 11.6. The predicted molar refractivity (Wildman–Crippen MR) is 62.6 cm³/mol. The lowest BCUT2D eigenvalue weighted by atomic mass is 10.1. The molecule has 0 fully saturated rings. The molecule has 0 aliphatic heterocycles. The number of hydrogen-bond acceptors (Lipinski definition) is 2. The third kappa shape index (κ3) is 3.85. The number of benzene rings is 1. The Labute approximate surface area is 95.9 Å². The van der Waals surface area contributed by atoms with Gasteiger partial charge in [0.2, 0.25) is 12.2 Å². The van der Waals surface area contributed by atoms with Crippen molar-refractivity contribution >= 4 is 12.2 Å². The van der Waals surface area contributed by atoms with E-state index in [1.165, 1.54) is 0 Å². The molecule has 0 spiro atoms. The highest BCUT2D eigenvalue weighted by Gasteiger charge is 2.15. The Balaban J connectivity index is 2.50. The maximum Gasteiger partial charge on any atom is 0.225 e. The zero-order valence-electron chi connectivity index (χ0n) is 9.57. The number of carbonyl (C=O) groups is 1. The van der Waals surface area contributed by atoms with E-state index in [1.54, 1.807) is 0 Å². The van der Waals surface area contributed by atoms with Crippen molar-refractivity contribution in [2.45, 2.75) is 26.3 Å². The fraction of sp³-hybridized carbons (Fsp3) is 0.385. The van der Waals surface area contributed by atoms with Gasteiger partial charge in [0.05, 0.1) is 12.5 Å². The topological polar surface area (TPSA) is 46.2 Å². The van der Waals surface area contributed by atoms with E-state index < -0.39 is 6.04 Å². The van der Waals surface area contributed by atoms with Gasteiger partial charge in [-0.15, -0.1) is 0 Å². The largest absolute Gasteiger partial charge is 0.345 e. The van der Waals surface area contributed by atoms with Crippen LogP contribution in [0.2, 0.25) is 0 Å². The summed E-state index contributed by atoms with van der Waals surface area (Å²) in [7, 11) is 0. The second-order valence-electron chi connectivity index (χ2n) is 4.07. The van der Waals surface area contributed by atoms with Crippen LogP contribution in [0.5, 0.6) is 0 Å². The highest BCUT2D eigenvalue weighted by molar-refractivity contribution is 5.81. The van der Waals surface area contributed by atoms with Crippen LogP contribution in [0, 0.1) is 5.92 Å². The molecule has 1 radical (unpaired) electrons. The Morgan fingerprint density at radius 2 is 1.94 bits per heavy atom. The average Bonchev–Trinajstić information content (AvgIpc) is 2.27. The summed E-state index contributed by atoms with van der Waals surface area (Å²) in [6.07, 6.45) is 2.13. The summed E-state index contributed by atoms with van der Waals surface area (Å²) in [6, 6.07) is 8.92. The Kier molecular flexibility index (Phi) is 4.70. The zero-order chi connectivity index (χ0) is 12.0. The van der Waals surface area contributed by atoms with Gasteiger partial charge in [0, 0.05) is 0 Å². The minimum absolute atomic E-state index is 0.0669.